The average Bonchev–Trinajstić information content (AvgIpc) is 2.47. The maximum Gasteiger partial charge on any atom is 0.0838 e. The number of piperidine rings is 1. The standard InChI is InChI=1S/C17H21NO/c1-12-8-9-13-5-2-3-7-15(13)16(12)17(19)14-6-4-10-18-11-14/h2-3,5,7-9,14,17-19H,4,6,10-11H2,1H3. The molecule has 1 aliphatic rings. The molecule has 3 rings (SSSR count). The normalized spacial score (nSPS) is 21.5. The van der Waals surface area contributed by atoms with Crippen LogP contribution in [0.4, 0.5) is 0 Å². The van der Waals surface area contributed by atoms with Gasteiger partial charge in [0.2, 0.25) is 0 Å². The van der Waals surface area contributed by atoms with Crippen LogP contribution in [0.1, 0.15) is 30.1 Å². The first kappa shape index (κ1) is 12.6. The highest BCUT2D eigenvalue weighted by molar-refractivity contribution is 5.87. The monoisotopic (exact) mass is 255 g/mol. The van der Waals surface area contributed by atoms with Gasteiger partial charge in [0.25, 0.3) is 0 Å². The van der Waals surface area contributed by atoms with Crippen molar-refractivity contribution in [3.63, 3.8) is 0 Å². The number of aryl methyl sites for hydroxylation is 1. The summed E-state index contributed by atoms with van der Waals surface area (Å²) in [5.41, 5.74) is 2.31. The maximum absolute atomic E-state index is 10.8. The van der Waals surface area contributed by atoms with Crippen molar-refractivity contribution in [2.45, 2.75) is 25.9 Å². The first-order valence-electron chi connectivity index (χ1n) is 7.14. The molecule has 0 spiro atoms. The molecule has 0 bridgehead atoms. The van der Waals surface area contributed by atoms with E-state index in [0.29, 0.717) is 5.92 Å². The smallest absolute Gasteiger partial charge is 0.0838 e. The van der Waals surface area contributed by atoms with Crippen LogP contribution >= 0.6 is 0 Å². The minimum Gasteiger partial charge on any atom is -0.388 e. The molecule has 2 heteroatoms. The molecule has 0 aliphatic carbocycles. The zero-order valence-corrected chi connectivity index (χ0v) is 11.4. The van der Waals surface area contributed by atoms with E-state index < -0.39 is 0 Å². The Labute approximate surface area is 114 Å². The summed E-state index contributed by atoms with van der Waals surface area (Å²) in [5.74, 6) is 0.332. The van der Waals surface area contributed by atoms with Crippen LogP contribution in [0.5, 0.6) is 0 Å². The molecule has 100 valence electrons. The number of hydrogen-bond donors (Lipinski definition) is 2. The molecule has 1 saturated heterocycles. The largest absolute Gasteiger partial charge is 0.388 e. The Hall–Kier alpha value is -1.38. The second-order valence-corrected chi connectivity index (χ2v) is 5.57. The van der Waals surface area contributed by atoms with E-state index >= 15 is 0 Å². The summed E-state index contributed by atoms with van der Waals surface area (Å²) in [6.45, 7) is 4.10. The van der Waals surface area contributed by atoms with Gasteiger partial charge >= 0.3 is 0 Å². The molecular formula is C17H21NO. The Kier molecular flexibility index (Phi) is 3.54. The highest BCUT2D eigenvalue weighted by Gasteiger charge is 2.25. The minimum absolute atomic E-state index is 0.332. The fraction of sp³-hybridized carbons (Fsp3) is 0.412. The summed E-state index contributed by atoms with van der Waals surface area (Å²) < 4.78 is 0. The number of nitrogens with one attached hydrogen (secondary N) is 1. The van der Waals surface area contributed by atoms with Crippen LogP contribution in [0.3, 0.4) is 0 Å². The van der Waals surface area contributed by atoms with E-state index in [-0.39, 0.29) is 6.10 Å². The van der Waals surface area contributed by atoms with E-state index in [4.69, 9.17) is 0 Å². The lowest BCUT2D eigenvalue weighted by atomic mass is 9.85. The van der Waals surface area contributed by atoms with Crippen LogP contribution in [0, 0.1) is 12.8 Å². The van der Waals surface area contributed by atoms with Crippen molar-refractivity contribution in [3.8, 4) is 0 Å². The van der Waals surface area contributed by atoms with Crippen LogP contribution in [0.15, 0.2) is 36.4 Å². The molecule has 2 N–H and O–H groups in total. The van der Waals surface area contributed by atoms with Crippen molar-refractivity contribution >= 4 is 10.8 Å². The van der Waals surface area contributed by atoms with E-state index in [2.05, 4.69) is 48.6 Å². The van der Waals surface area contributed by atoms with Gasteiger partial charge in [-0.15, -0.1) is 0 Å². The quantitative estimate of drug-likeness (QED) is 0.864. The summed E-state index contributed by atoms with van der Waals surface area (Å²) in [6, 6.07) is 12.6. The highest BCUT2D eigenvalue weighted by Crippen LogP contribution is 2.34. The number of aliphatic hydroxyl groups excluding tert-OH is 1. The third-order valence-corrected chi connectivity index (χ3v) is 4.27. The van der Waals surface area contributed by atoms with Gasteiger partial charge in [-0.3, -0.25) is 0 Å². The van der Waals surface area contributed by atoms with Gasteiger partial charge in [-0.25, -0.2) is 0 Å². The Morgan fingerprint density at radius 2 is 2.05 bits per heavy atom. The molecule has 2 aromatic carbocycles. The molecule has 19 heavy (non-hydrogen) atoms. The number of benzene rings is 2. The fourth-order valence-corrected chi connectivity index (χ4v) is 3.18. The Bertz CT molecular complexity index is 572. The molecule has 0 saturated carbocycles. The van der Waals surface area contributed by atoms with E-state index in [0.717, 1.165) is 31.5 Å². The molecule has 1 aliphatic heterocycles. The van der Waals surface area contributed by atoms with Gasteiger partial charge in [0.05, 0.1) is 6.10 Å². The van der Waals surface area contributed by atoms with E-state index in [1.165, 1.54) is 16.3 Å². The molecule has 1 fully saturated rings. The Morgan fingerprint density at radius 1 is 1.21 bits per heavy atom. The lowest BCUT2D eigenvalue weighted by molar-refractivity contribution is 0.0929. The fourth-order valence-electron chi connectivity index (χ4n) is 3.18. The molecule has 2 unspecified atom stereocenters. The minimum atomic E-state index is -0.362. The SMILES string of the molecule is Cc1ccc2ccccc2c1C(O)C1CCCNC1. The van der Waals surface area contributed by atoms with E-state index in [1.807, 2.05) is 0 Å². The molecule has 0 aromatic heterocycles. The lowest BCUT2D eigenvalue weighted by Crippen LogP contribution is -2.33. The zero-order valence-electron chi connectivity index (χ0n) is 11.4. The van der Waals surface area contributed by atoms with Crippen LogP contribution in [0.25, 0.3) is 10.8 Å². The van der Waals surface area contributed by atoms with Crippen LogP contribution in [0.2, 0.25) is 0 Å². The summed E-state index contributed by atoms with van der Waals surface area (Å²) in [4.78, 5) is 0. The first-order chi connectivity index (χ1) is 9.27. The second kappa shape index (κ2) is 5.32. The Balaban J connectivity index is 2.05. The zero-order chi connectivity index (χ0) is 13.2. The molecule has 0 amide bonds. The predicted molar refractivity (Wildman–Crippen MR) is 79.2 cm³/mol. The van der Waals surface area contributed by atoms with Crippen molar-refractivity contribution < 1.29 is 5.11 Å². The summed E-state index contributed by atoms with van der Waals surface area (Å²) in [5, 5.41) is 16.6. The molecule has 2 aromatic rings. The van der Waals surface area contributed by atoms with Gasteiger partial charge in [-0.05, 0) is 48.2 Å². The summed E-state index contributed by atoms with van der Waals surface area (Å²) in [7, 11) is 0. The Morgan fingerprint density at radius 3 is 2.84 bits per heavy atom. The van der Waals surface area contributed by atoms with Crippen molar-refractivity contribution in [2.24, 2.45) is 5.92 Å². The summed E-state index contributed by atoms with van der Waals surface area (Å²) >= 11 is 0. The third-order valence-electron chi connectivity index (χ3n) is 4.27. The average molecular weight is 255 g/mol. The van der Waals surface area contributed by atoms with Gasteiger partial charge in [0, 0.05) is 12.5 Å². The molecule has 2 nitrogen and oxygen atoms in total. The van der Waals surface area contributed by atoms with E-state index in [9.17, 15) is 5.11 Å². The number of fused-ring (bicyclic) bond motifs is 1. The van der Waals surface area contributed by atoms with Crippen LogP contribution in [-0.4, -0.2) is 18.2 Å². The lowest BCUT2D eigenvalue weighted by Gasteiger charge is -2.29. The first-order valence-corrected chi connectivity index (χ1v) is 7.14. The summed E-state index contributed by atoms with van der Waals surface area (Å²) in [6.07, 6.45) is 1.90. The molecular weight excluding hydrogens is 234 g/mol. The third kappa shape index (κ3) is 2.38. The second-order valence-electron chi connectivity index (χ2n) is 5.57. The molecule has 2 atom stereocenters. The van der Waals surface area contributed by atoms with Crippen molar-refractivity contribution in [1.82, 2.24) is 5.32 Å². The van der Waals surface area contributed by atoms with Gasteiger partial charge < -0.3 is 10.4 Å². The van der Waals surface area contributed by atoms with Crippen molar-refractivity contribution in [3.05, 3.63) is 47.5 Å². The van der Waals surface area contributed by atoms with Gasteiger partial charge in [0.15, 0.2) is 0 Å². The van der Waals surface area contributed by atoms with E-state index in [1.54, 1.807) is 0 Å². The topological polar surface area (TPSA) is 32.3 Å². The molecule has 1 heterocycles. The van der Waals surface area contributed by atoms with Crippen molar-refractivity contribution in [2.75, 3.05) is 13.1 Å². The van der Waals surface area contributed by atoms with Gasteiger partial charge in [-0.2, -0.15) is 0 Å². The van der Waals surface area contributed by atoms with Gasteiger partial charge in [-0.1, -0.05) is 36.4 Å². The maximum atomic E-state index is 10.8. The number of aliphatic hydroxyl groups is 1. The highest BCUT2D eigenvalue weighted by atomic mass is 16.3. The van der Waals surface area contributed by atoms with Gasteiger partial charge in [0.1, 0.15) is 0 Å². The number of rotatable bonds is 2. The molecule has 0 radical (unpaired) electrons. The van der Waals surface area contributed by atoms with Crippen LogP contribution in [-0.2, 0) is 0 Å². The van der Waals surface area contributed by atoms with Crippen molar-refractivity contribution in [1.29, 1.82) is 0 Å². The van der Waals surface area contributed by atoms with Crippen LogP contribution < -0.4 is 5.32 Å². The number of hydrogen-bond acceptors (Lipinski definition) is 2. The predicted octanol–water partition coefficient (Wildman–Crippen LogP) is 3.18.